The van der Waals surface area contributed by atoms with Crippen LogP contribution in [0.15, 0.2) is 97.2 Å². The van der Waals surface area contributed by atoms with E-state index in [4.69, 9.17) is 11.6 Å². The van der Waals surface area contributed by atoms with Crippen molar-refractivity contribution in [3.63, 3.8) is 0 Å². The van der Waals surface area contributed by atoms with Gasteiger partial charge in [0.05, 0.1) is 10.7 Å². The van der Waals surface area contributed by atoms with E-state index in [1.807, 2.05) is 0 Å². The largest absolute Gasteiger partial charge is 0.461 e. The number of hydrogen-bond donors (Lipinski definition) is 2. The summed E-state index contributed by atoms with van der Waals surface area (Å²) in [7, 11) is 0. The van der Waals surface area contributed by atoms with Crippen LogP contribution in [0.25, 0.3) is 0 Å². The highest BCUT2D eigenvalue weighted by atomic mass is 35.5. The van der Waals surface area contributed by atoms with E-state index in [1.165, 1.54) is 48.7 Å². The third-order valence-electron chi connectivity index (χ3n) is 5.72. The van der Waals surface area contributed by atoms with E-state index in [9.17, 15) is 26.7 Å². The molecule has 0 saturated carbocycles. The molecule has 4 rings (SSSR count). The summed E-state index contributed by atoms with van der Waals surface area (Å²) in [6.45, 7) is 0. The lowest BCUT2D eigenvalue weighted by Crippen LogP contribution is -2.50. The number of nitrogens with zero attached hydrogens (tertiary/aromatic N) is 1. The van der Waals surface area contributed by atoms with Crippen molar-refractivity contribution in [3.05, 3.63) is 125 Å². The number of pyridine rings is 1. The standard InChI is InChI=1S/C28H21ClF5N3O2/c29-20-12-13-24(35-17-20)27(16-18-6-2-1-3-7-18,37-26(38)36-22-10-5-9-21(30)15-22)19-8-4-11-23(14-19)39-28(33,34)25(31)32/h1-15,17,25H,16H2,(H2,36,37,38). The second-order valence-electron chi connectivity index (χ2n) is 8.51. The van der Waals surface area contributed by atoms with Gasteiger partial charge in [-0.3, -0.25) is 4.98 Å². The molecule has 39 heavy (non-hydrogen) atoms. The van der Waals surface area contributed by atoms with Crippen molar-refractivity contribution < 1.29 is 31.5 Å². The molecule has 0 aliphatic rings. The van der Waals surface area contributed by atoms with Crippen LogP contribution in [0.3, 0.4) is 0 Å². The van der Waals surface area contributed by atoms with Gasteiger partial charge in [0.2, 0.25) is 0 Å². The van der Waals surface area contributed by atoms with E-state index in [1.54, 1.807) is 30.3 Å². The summed E-state index contributed by atoms with van der Waals surface area (Å²) in [6.07, 6.45) is -7.42. The number of rotatable bonds is 9. The molecule has 0 saturated heterocycles. The van der Waals surface area contributed by atoms with E-state index in [2.05, 4.69) is 20.4 Å². The van der Waals surface area contributed by atoms with E-state index < -0.39 is 35.7 Å². The number of alkyl halides is 4. The minimum absolute atomic E-state index is 0.0493. The Kier molecular flexibility index (Phi) is 8.35. The molecule has 11 heteroatoms. The van der Waals surface area contributed by atoms with Crippen LogP contribution in [0.5, 0.6) is 5.75 Å². The summed E-state index contributed by atoms with van der Waals surface area (Å²) in [5.74, 6) is -1.14. The van der Waals surface area contributed by atoms with Gasteiger partial charge in [0, 0.05) is 18.3 Å². The third-order valence-corrected chi connectivity index (χ3v) is 5.94. The summed E-state index contributed by atoms with van der Waals surface area (Å²) in [5.41, 5.74) is -0.243. The zero-order chi connectivity index (χ0) is 28.0. The minimum atomic E-state index is -4.75. The molecule has 5 nitrogen and oxygen atoms in total. The van der Waals surface area contributed by atoms with Gasteiger partial charge in [0.25, 0.3) is 0 Å². The van der Waals surface area contributed by atoms with Gasteiger partial charge < -0.3 is 15.4 Å². The van der Waals surface area contributed by atoms with Gasteiger partial charge in [-0.2, -0.15) is 17.6 Å². The van der Waals surface area contributed by atoms with Crippen LogP contribution >= 0.6 is 11.6 Å². The zero-order valence-corrected chi connectivity index (χ0v) is 20.8. The average molecular weight is 562 g/mol. The summed E-state index contributed by atoms with van der Waals surface area (Å²) >= 11 is 6.05. The maximum Gasteiger partial charge on any atom is 0.461 e. The molecule has 2 N–H and O–H groups in total. The number of urea groups is 1. The molecule has 3 aromatic carbocycles. The predicted octanol–water partition coefficient (Wildman–Crippen LogP) is 7.42. The summed E-state index contributed by atoms with van der Waals surface area (Å²) in [4.78, 5) is 17.7. The van der Waals surface area contributed by atoms with Crippen molar-refractivity contribution in [2.24, 2.45) is 0 Å². The maximum atomic E-state index is 13.7. The lowest BCUT2D eigenvalue weighted by Gasteiger charge is -2.35. The van der Waals surface area contributed by atoms with Crippen LogP contribution in [-0.2, 0) is 12.0 Å². The summed E-state index contributed by atoms with van der Waals surface area (Å²) in [5, 5.41) is 5.69. The van der Waals surface area contributed by atoms with Crippen molar-refractivity contribution in [3.8, 4) is 5.75 Å². The Labute approximate surface area is 225 Å². The number of carbonyl (C=O) groups is 1. The smallest absolute Gasteiger partial charge is 0.428 e. The van der Waals surface area contributed by atoms with Crippen LogP contribution in [0.4, 0.5) is 32.4 Å². The monoisotopic (exact) mass is 561 g/mol. The molecule has 202 valence electrons. The highest BCUT2D eigenvalue weighted by Gasteiger charge is 2.44. The lowest BCUT2D eigenvalue weighted by atomic mass is 9.80. The fraction of sp³-hybridized carbons (Fsp3) is 0.143. The zero-order valence-electron chi connectivity index (χ0n) is 20.1. The van der Waals surface area contributed by atoms with Gasteiger partial charge in [-0.05, 0) is 53.6 Å². The molecular formula is C28H21ClF5N3O2. The Bertz CT molecular complexity index is 1420. The SMILES string of the molecule is O=C(Nc1cccc(F)c1)NC(Cc1ccccc1)(c1cccc(OC(F)(F)C(F)F)c1)c1ccc(Cl)cn1. The van der Waals surface area contributed by atoms with Crippen molar-refractivity contribution >= 4 is 23.3 Å². The number of halogens is 6. The first-order valence-electron chi connectivity index (χ1n) is 11.5. The normalized spacial score (nSPS) is 13.0. The van der Waals surface area contributed by atoms with E-state index in [0.29, 0.717) is 10.6 Å². The fourth-order valence-corrected chi connectivity index (χ4v) is 4.11. The summed E-state index contributed by atoms with van der Waals surface area (Å²) in [6, 6.07) is 21.4. The lowest BCUT2D eigenvalue weighted by molar-refractivity contribution is -0.253. The predicted molar refractivity (Wildman–Crippen MR) is 137 cm³/mol. The Morgan fingerprint density at radius 1 is 0.949 bits per heavy atom. The number of benzene rings is 3. The van der Waals surface area contributed by atoms with E-state index >= 15 is 0 Å². The molecule has 0 fully saturated rings. The molecule has 1 aromatic heterocycles. The quantitative estimate of drug-likeness (QED) is 0.209. The second kappa shape index (κ2) is 11.7. The highest BCUT2D eigenvalue weighted by Crippen LogP contribution is 2.36. The first-order valence-corrected chi connectivity index (χ1v) is 11.9. The van der Waals surface area contributed by atoms with E-state index in [0.717, 1.165) is 18.2 Å². The van der Waals surface area contributed by atoms with Crippen molar-refractivity contribution in [2.75, 3.05) is 5.32 Å². The van der Waals surface area contributed by atoms with Crippen LogP contribution in [0.1, 0.15) is 16.8 Å². The molecular weight excluding hydrogens is 541 g/mol. The highest BCUT2D eigenvalue weighted by molar-refractivity contribution is 6.30. The summed E-state index contributed by atoms with van der Waals surface area (Å²) < 4.78 is 71.2. The van der Waals surface area contributed by atoms with E-state index in [-0.39, 0.29) is 23.4 Å². The molecule has 0 radical (unpaired) electrons. The van der Waals surface area contributed by atoms with Crippen LogP contribution in [0, 0.1) is 5.82 Å². The Hall–Kier alpha value is -4.18. The molecule has 0 aliphatic carbocycles. The number of aromatic nitrogens is 1. The number of amides is 2. The molecule has 0 bridgehead atoms. The molecule has 1 atom stereocenters. The van der Waals surface area contributed by atoms with Crippen molar-refractivity contribution in [2.45, 2.75) is 24.5 Å². The van der Waals surface area contributed by atoms with Crippen molar-refractivity contribution in [1.82, 2.24) is 10.3 Å². The Morgan fingerprint density at radius 2 is 1.69 bits per heavy atom. The topological polar surface area (TPSA) is 63.2 Å². The Morgan fingerprint density at radius 3 is 2.36 bits per heavy atom. The maximum absolute atomic E-state index is 13.7. The molecule has 2 amide bonds. The Balaban J connectivity index is 1.84. The first kappa shape index (κ1) is 27.8. The van der Waals surface area contributed by atoms with Gasteiger partial charge in [-0.25, -0.2) is 9.18 Å². The van der Waals surface area contributed by atoms with Gasteiger partial charge >= 0.3 is 18.6 Å². The third kappa shape index (κ3) is 6.83. The number of nitrogens with one attached hydrogen (secondary N) is 2. The van der Waals surface area contributed by atoms with Gasteiger partial charge in [-0.1, -0.05) is 60.1 Å². The number of hydrogen-bond acceptors (Lipinski definition) is 3. The van der Waals surface area contributed by atoms with Crippen LogP contribution in [0.2, 0.25) is 5.02 Å². The fourth-order valence-electron chi connectivity index (χ4n) is 4.00. The number of carbonyl (C=O) groups excluding carboxylic acids is 1. The van der Waals surface area contributed by atoms with Gasteiger partial charge in [0.15, 0.2) is 0 Å². The minimum Gasteiger partial charge on any atom is -0.428 e. The molecule has 4 aromatic rings. The van der Waals surface area contributed by atoms with Crippen LogP contribution in [-0.4, -0.2) is 23.5 Å². The molecule has 1 heterocycles. The van der Waals surface area contributed by atoms with Gasteiger partial charge in [0.1, 0.15) is 17.1 Å². The first-order chi connectivity index (χ1) is 18.6. The van der Waals surface area contributed by atoms with Crippen molar-refractivity contribution in [1.29, 1.82) is 0 Å². The molecule has 0 aliphatic heterocycles. The number of ether oxygens (including phenoxy) is 1. The molecule has 0 spiro atoms. The second-order valence-corrected chi connectivity index (χ2v) is 8.95. The average Bonchev–Trinajstić information content (AvgIpc) is 2.89. The van der Waals surface area contributed by atoms with Gasteiger partial charge in [-0.15, -0.1) is 0 Å². The molecule has 1 unspecified atom stereocenters. The number of anilines is 1. The van der Waals surface area contributed by atoms with Crippen LogP contribution < -0.4 is 15.4 Å².